The molecule has 0 fully saturated rings. The summed E-state index contributed by atoms with van der Waals surface area (Å²) in [5.74, 6) is 1.48. The molecule has 0 aliphatic rings. The maximum absolute atomic E-state index is 5.96. The van der Waals surface area contributed by atoms with Gasteiger partial charge in [0.2, 0.25) is 0 Å². The highest BCUT2D eigenvalue weighted by molar-refractivity contribution is 6.30. The van der Waals surface area contributed by atoms with Gasteiger partial charge in [-0.3, -0.25) is 0 Å². The van der Waals surface area contributed by atoms with E-state index in [0.29, 0.717) is 11.6 Å². The highest BCUT2D eigenvalue weighted by atomic mass is 35.5. The fourth-order valence-corrected chi connectivity index (χ4v) is 2.14. The van der Waals surface area contributed by atoms with E-state index in [9.17, 15) is 0 Å². The van der Waals surface area contributed by atoms with E-state index in [4.69, 9.17) is 26.8 Å². The summed E-state index contributed by atoms with van der Waals surface area (Å²) in [6.45, 7) is 2.36. The van der Waals surface area contributed by atoms with Gasteiger partial charge in [-0.25, -0.2) is 0 Å². The third-order valence-electron chi connectivity index (χ3n) is 2.99. The van der Waals surface area contributed by atoms with Gasteiger partial charge in [0, 0.05) is 22.7 Å². The van der Waals surface area contributed by atoms with Crippen molar-refractivity contribution in [1.82, 2.24) is 0 Å². The van der Waals surface area contributed by atoms with Crippen LogP contribution in [-0.4, -0.2) is 7.11 Å². The smallest absolute Gasteiger partial charge is 0.128 e. The topological polar surface area (TPSA) is 44.5 Å². The summed E-state index contributed by atoms with van der Waals surface area (Å²) in [5.41, 5.74) is 7.92. The van der Waals surface area contributed by atoms with Gasteiger partial charge in [-0.2, -0.15) is 0 Å². The predicted molar refractivity (Wildman–Crippen MR) is 81.4 cm³/mol. The van der Waals surface area contributed by atoms with Crippen molar-refractivity contribution in [3.05, 3.63) is 58.6 Å². The number of benzene rings is 2. The van der Waals surface area contributed by atoms with E-state index in [1.165, 1.54) is 0 Å². The van der Waals surface area contributed by atoms with Gasteiger partial charge in [-0.05, 0) is 30.7 Å². The first-order valence-corrected chi connectivity index (χ1v) is 6.78. The Bertz CT molecular complexity index is 584. The molecular weight excluding hydrogens is 274 g/mol. The number of ether oxygens (including phenoxy) is 2. The average molecular weight is 292 g/mol. The van der Waals surface area contributed by atoms with Gasteiger partial charge in [0.15, 0.2) is 0 Å². The van der Waals surface area contributed by atoms with E-state index < -0.39 is 0 Å². The van der Waals surface area contributed by atoms with Crippen molar-refractivity contribution in [1.29, 1.82) is 0 Å². The maximum Gasteiger partial charge on any atom is 0.128 e. The molecule has 2 N–H and O–H groups in total. The van der Waals surface area contributed by atoms with Gasteiger partial charge in [0.1, 0.15) is 18.1 Å². The first-order chi connectivity index (χ1) is 9.60. The summed E-state index contributed by atoms with van der Waals surface area (Å²) in [6.07, 6.45) is 0. The number of halogens is 1. The van der Waals surface area contributed by atoms with Crippen LogP contribution in [0.15, 0.2) is 42.5 Å². The van der Waals surface area contributed by atoms with Crippen LogP contribution in [0.2, 0.25) is 5.02 Å². The first kappa shape index (κ1) is 14.7. The number of methoxy groups -OCH3 is 1. The summed E-state index contributed by atoms with van der Waals surface area (Å²) in [4.78, 5) is 0. The molecule has 4 heteroatoms. The first-order valence-electron chi connectivity index (χ1n) is 6.41. The lowest BCUT2D eigenvalue weighted by Gasteiger charge is -2.15. The third kappa shape index (κ3) is 3.65. The molecule has 2 aromatic rings. The maximum atomic E-state index is 5.96. The third-order valence-corrected chi connectivity index (χ3v) is 3.23. The monoisotopic (exact) mass is 291 g/mol. The van der Waals surface area contributed by atoms with Crippen LogP contribution in [-0.2, 0) is 6.61 Å². The summed E-state index contributed by atoms with van der Waals surface area (Å²) in [5, 5.41) is 0.698. The molecule has 0 aliphatic carbocycles. The standard InChI is InChI=1S/C16H18ClNO2/c1-11(18)15-7-6-14(19-2)9-16(15)20-10-12-4-3-5-13(17)8-12/h3-9,11H,10,18H2,1-2H3/t11-/m1/s1. The van der Waals surface area contributed by atoms with Crippen LogP contribution in [0.3, 0.4) is 0 Å². The van der Waals surface area contributed by atoms with E-state index >= 15 is 0 Å². The van der Waals surface area contributed by atoms with E-state index in [0.717, 1.165) is 22.6 Å². The molecule has 106 valence electrons. The van der Waals surface area contributed by atoms with Gasteiger partial charge in [0.05, 0.1) is 7.11 Å². The zero-order valence-electron chi connectivity index (χ0n) is 11.6. The number of hydrogen-bond acceptors (Lipinski definition) is 3. The molecule has 20 heavy (non-hydrogen) atoms. The molecule has 0 amide bonds. The Labute approximate surface area is 124 Å². The van der Waals surface area contributed by atoms with Crippen LogP contribution in [0, 0.1) is 0 Å². The molecule has 0 heterocycles. The molecule has 0 radical (unpaired) electrons. The van der Waals surface area contributed by atoms with Crippen molar-refractivity contribution >= 4 is 11.6 Å². The Morgan fingerprint density at radius 1 is 1.20 bits per heavy atom. The summed E-state index contributed by atoms with van der Waals surface area (Å²) in [6, 6.07) is 13.1. The minimum Gasteiger partial charge on any atom is -0.497 e. The molecule has 0 spiro atoms. The lowest BCUT2D eigenvalue weighted by atomic mass is 10.1. The summed E-state index contributed by atoms with van der Waals surface area (Å²) in [7, 11) is 1.63. The van der Waals surface area contributed by atoms with Gasteiger partial charge < -0.3 is 15.2 Å². The van der Waals surface area contributed by atoms with Crippen molar-refractivity contribution in [2.24, 2.45) is 5.73 Å². The van der Waals surface area contributed by atoms with Crippen LogP contribution < -0.4 is 15.2 Å². The van der Waals surface area contributed by atoms with Crippen LogP contribution >= 0.6 is 11.6 Å². The van der Waals surface area contributed by atoms with Gasteiger partial charge in [-0.1, -0.05) is 29.8 Å². The Morgan fingerprint density at radius 2 is 2.00 bits per heavy atom. The number of nitrogens with two attached hydrogens (primary N) is 1. The van der Waals surface area contributed by atoms with E-state index in [1.807, 2.05) is 49.4 Å². The quantitative estimate of drug-likeness (QED) is 0.907. The molecule has 1 atom stereocenters. The van der Waals surface area contributed by atoms with Crippen molar-refractivity contribution in [2.45, 2.75) is 19.6 Å². The predicted octanol–water partition coefficient (Wildman–Crippen LogP) is 3.95. The highest BCUT2D eigenvalue weighted by Crippen LogP contribution is 2.29. The van der Waals surface area contributed by atoms with Crippen LogP contribution in [0.4, 0.5) is 0 Å². The number of hydrogen-bond donors (Lipinski definition) is 1. The minimum atomic E-state index is -0.102. The van der Waals surface area contributed by atoms with Gasteiger partial charge >= 0.3 is 0 Å². The zero-order valence-corrected chi connectivity index (χ0v) is 12.4. The minimum absolute atomic E-state index is 0.102. The second-order valence-corrected chi connectivity index (χ2v) is 5.05. The van der Waals surface area contributed by atoms with Crippen molar-refractivity contribution in [3.63, 3.8) is 0 Å². The van der Waals surface area contributed by atoms with Crippen LogP contribution in [0.5, 0.6) is 11.5 Å². The molecule has 0 unspecified atom stereocenters. The molecule has 3 nitrogen and oxygen atoms in total. The van der Waals surface area contributed by atoms with Gasteiger partial charge in [-0.15, -0.1) is 0 Å². The van der Waals surface area contributed by atoms with Crippen LogP contribution in [0.25, 0.3) is 0 Å². The van der Waals surface area contributed by atoms with Gasteiger partial charge in [0.25, 0.3) is 0 Å². The van der Waals surface area contributed by atoms with E-state index in [2.05, 4.69) is 0 Å². The Hall–Kier alpha value is -1.71. The Morgan fingerprint density at radius 3 is 2.65 bits per heavy atom. The summed E-state index contributed by atoms with van der Waals surface area (Å²) >= 11 is 5.96. The lowest BCUT2D eigenvalue weighted by molar-refractivity contribution is 0.299. The molecule has 0 aromatic heterocycles. The second-order valence-electron chi connectivity index (χ2n) is 4.61. The molecule has 0 saturated heterocycles. The van der Waals surface area contributed by atoms with E-state index in [1.54, 1.807) is 7.11 Å². The molecule has 0 bridgehead atoms. The van der Waals surface area contributed by atoms with Crippen molar-refractivity contribution in [3.8, 4) is 11.5 Å². The fourth-order valence-electron chi connectivity index (χ4n) is 1.93. The van der Waals surface area contributed by atoms with Crippen molar-refractivity contribution < 1.29 is 9.47 Å². The molecular formula is C16H18ClNO2. The average Bonchev–Trinajstić information content (AvgIpc) is 2.44. The normalized spacial score (nSPS) is 12.0. The molecule has 2 aromatic carbocycles. The molecule has 2 rings (SSSR count). The number of rotatable bonds is 5. The summed E-state index contributed by atoms with van der Waals surface area (Å²) < 4.78 is 11.1. The van der Waals surface area contributed by atoms with Crippen LogP contribution in [0.1, 0.15) is 24.1 Å². The largest absolute Gasteiger partial charge is 0.497 e. The Kier molecular flexibility index (Phi) is 4.88. The van der Waals surface area contributed by atoms with Crippen molar-refractivity contribution in [2.75, 3.05) is 7.11 Å². The fraction of sp³-hybridized carbons (Fsp3) is 0.250. The second kappa shape index (κ2) is 6.64. The van der Waals surface area contributed by atoms with E-state index in [-0.39, 0.29) is 6.04 Å². The SMILES string of the molecule is COc1ccc([C@@H](C)N)c(OCc2cccc(Cl)c2)c1. The molecule has 0 saturated carbocycles. The molecule has 0 aliphatic heterocycles. The zero-order chi connectivity index (χ0) is 14.5. The highest BCUT2D eigenvalue weighted by Gasteiger charge is 2.10. The lowest BCUT2D eigenvalue weighted by Crippen LogP contribution is -2.08. The Balaban J connectivity index is 2.19.